The molecule has 2 aromatic carbocycles. The topological polar surface area (TPSA) is 72.7 Å². The van der Waals surface area contributed by atoms with E-state index in [1.54, 1.807) is 4.90 Å². The van der Waals surface area contributed by atoms with Crippen molar-refractivity contribution >= 4 is 27.3 Å². The number of halogens is 2. The van der Waals surface area contributed by atoms with Crippen LogP contribution in [-0.4, -0.2) is 70.9 Å². The molecule has 2 aliphatic heterocycles. The summed E-state index contributed by atoms with van der Waals surface area (Å²) < 4.78 is 44.5. The largest absolute Gasteiger partial charge is 0.490 e. The van der Waals surface area contributed by atoms with Crippen LogP contribution in [0.25, 0.3) is 43.9 Å². The van der Waals surface area contributed by atoms with Gasteiger partial charge in [-0.2, -0.15) is 5.10 Å². The fraction of sp³-hybridized carbons (Fsp3) is 0.324. The Bertz CT molecular complexity index is 2010. The molecular weight excluding hydrogens is 633 g/mol. The van der Waals surface area contributed by atoms with Crippen LogP contribution in [0.3, 0.4) is 0 Å². The Balaban J connectivity index is 1.44. The molecule has 0 aliphatic carbocycles. The van der Waals surface area contributed by atoms with Crippen molar-refractivity contribution in [3.63, 3.8) is 0 Å². The van der Waals surface area contributed by atoms with E-state index in [9.17, 15) is 9.18 Å². The number of hydrogen-bond acceptors (Lipinski definition) is 7. The lowest BCUT2D eigenvalue weighted by Gasteiger charge is -2.33. The molecule has 7 rings (SSSR count). The minimum atomic E-state index is -0.766. The van der Waals surface area contributed by atoms with Gasteiger partial charge in [0.1, 0.15) is 35.4 Å². The second-order valence-electron chi connectivity index (χ2n) is 12.3. The van der Waals surface area contributed by atoms with Crippen molar-refractivity contribution < 1.29 is 23.0 Å². The standard InChI is InChI=1S/C37H37F2N5O3S/c1-5-32(45)43-14-15-44-30(22(43)2)21-28(41-44)36-34(33-27(39)19-25(38)20-31(33)47-17-16-46-4)37-26(12-18-48-37)35(40-36)24-10-8-23(9-11-24)29-7-6-13-42(29)3/h5,8-12,18-22,29H,1,6-7,13-17H2,2-4H3/t22-,29-/m1/s1. The summed E-state index contributed by atoms with van der Waals surface area (Å²) >= 11 is 1.46. The monoisotopic (exact) mass is 669 g/mol. The lowest BCUT2D eigenvalue weighted by molar-refractivity contribution is -0.129. The SMILES string of the molecule is C=CC(=O)N1CCn2nc(-c3nc(-c4ccc([C@H]5CCCN5C)cc4)c4ccsc4c3-c3c(F)cc(F)cc3OCCOC)cc2[C@H]1C. The summed E-state index contributed by atoms with van der Waals surface area (Å²) in [5.74, 6) is -1.61. The number of pyridine rings is 1. The third-order valence-electron chi connectivity index (χ3n) is 9.47. The van der Waals surface area contributed by atoms with Crippen molar-refractivity contribution in [1.29, 1.82) is 0 Å². The van der Waals surface area contributed by atoms with Crippen LogP contribution in [0, 0.1) is 11.6 Å². The number of likely N-dealkylation sites (tertiary alicyclic amines) is 1. The maximum absolute atomic E-state index is 16.1. The summed E-state index contributed by atoms with van der Waals surface area (Å²) in [4.78, 5) is 22.0. The number of carbonyl (C=O) groups is 1. The second kappa shape index (κ2) is 13.2. The van der Waals surface area contributed by atoms with Crippen LogP contribution in [0.4, 0.5) is 8.78 Å². The number of fused-ring (bicyclic) bond motifs is 2. The number of nitrogens with zero attached hydrogens (tertiary/aromatic N) is 5. The van der Waals surface area contributed by atoms with Crippen molar-refractivity contribution in [3.05, 3.63) is 89.5 Å². The van der Waals surface area contributed by atoms with E-state index in [1.165, 1.54) is 42.6 Å². The lowest BCUT2D eigenvalue weighted by Crippen LogP contribution is -2.40. The fourth-order valence-corrected chi connectivity index (χ4v) is 7.98. The Hall–Kier alpha value is -4.45. The van der Waals surface area contributed by atoms with E-state index >= 15 is 4.39 Å². The van der Waals surface area contributed by atoms with Gasteiger partial charge in [0.2, 0.25) is 5.91 Å². The van der Waals surface area contributed by atoms with Crippen molar-refractivity contribution in [2.75, 3.05) is 40.5 Å². The van der Waals surface area contributed by atoms with Crippen molar-refractivity contribution in [3.8, 4) is 39.5 Å². The first-order valence-electron chi connectivity index (χ1n) is 16.1. The van der Waals surface area contributed by atoms with Crippen LogP contribution in [0.1, 0.15) is 43.1 Å². The molecule has 0 spiro atoms. The van der Waals surface area contributed by atoms with Crippen LogP contribution < -0.4 is 4.74 Å². The zero-order valence-electron chi connectivity index (χ0n) is 27.2. The first-order valence-corrected chi connectivity index (χ1v) is 17.0. The van der Waals surface area contributed by atoms with Crippen molar-refractivity contribution in [1.82, 2.24) is 24.6 Å². The Morgan fingerprint density at radius 2 is 1.88 bits per heavy atom. The van der Waals surface area contributed by atoms with E-state index in [0.717, 1.165) is 46.1 Å². The van der Waals surface area contributed by atoms with Gasteiger partial charge in [-0.15, -0.1) is 11.3 Å². The first-order chi connectivity index (χ1) is 23.3. The molecule has 0 saturated carbocycles. The molecule has 5 heterocycles. The van der Waals surface area contributed by atoms with E-state index in [4.69, 9.17) is 19.6 Å². The summed E-state index contributed by atoms with van der Waals surface area (Å²) in [5, 5.41) is 7.76. The molecule has 0 radical (unpaired) electrons. The number of rotatable bonds is 9. The highest BCUT2D eigenvalue weighted by atomic mass is 32.1. The molecule has 0 N–H and O–H groups in total. The van der Waals surface area contributed by atoms with Crippen LogP contribution in [0.2, 0.25) is 0 Å². The predicted octanol–water partition coefficient (Wildman–Crippen LogP) is 7.65. The fourth-order valence-electron chi connectivity index (χ4n) is 7.03. The van der Waals surface area contributed by atoms with Crippen molar-refractivity contribution in [2.24, 2.45) is 0 Å². The number of methoxy groups -OCH3 is 1. The van der Waals surface area contributed by atoms with Crippen LogP contribution in [0.5, 0.6) is 5.75 Å². The van der Waals surface area contributed by atoms with Gasteiger partial charge in [-0.05, 0) is 62.5 Å². The van der Waals surface area contributed by atoms with Gasteiger partial charge < -0.3 is 14.4 Å². The molecule has 3 aromatic heterocycles. The molecule has 1 fully saturated rings. The minimum Gasteiger partial charge on any atom is -0.490 e. The van der Waals surface area contributed by atoms with Crippen molar-refractivity contribution in [2.45, 2.75) is 38.4 Å². The highest BCUT2D eigenvalue weighted by Gasteiger charge is 2.31. The number of thiophene rings is 1. The number of amides is 1. The first kappa shape index (κ1) is 32.1. The van der Waals surface area contributed by atoms with Gasteiger partial charge in [0.25, 0.3) is 0 Å². The molecule has 11 heteroatoms. The van der Waals surface area contributed by atoms with Gasteiger partial charge in [-0.1, -0.05) is 30.8 Å². The Morgan fingerprint density at radius 1 is 1.06 bits per heavy atom. The minimum absolute atomic E-state index is 0.0557. The number of ether oxygens (including phenoxy) is 2. The van der Waals surface area contributed by atoms with E-state index in [1.807, 2.05) is 29.1 Å². The van der Waals surface area contributed by atoms with Crippen LogP contribution in [0.15, 0.2) is 66.6 Å². The van der Waals surface area contributed by atoms with Gasteiger partial charge in [-0.25, -0.2) is 13.8 Å². The third-order valence-corrected chi connectivity index (χ3v) is 10.4. The maximum atomic E-state index is 16.1. The van der Waals surface area contributed by atoms with Gasteiger partial charge in [0, 0.05) is 53.0 Å². The second-order valence-corrected chi connectivity index (χ2v) is 13.2. The van der Waals surface area contributed by atoms with Crippen LogP contribution >= 0.6 is 11.3 Å². The highest BCUT2D eigenvalue weighted by Crippen LogP contribution is 2.47. The van der Waals surface area contributed by atoms with Crippen LogP contribution in [-0.2, 0) is 16.1 Å². The normalized spacial score (nSPS) is 18.0. The number of benzene rings is 2. The molecule has 1 amide bonds. The zero-order chi connectivity index (χ0) is 33.5. The number of carbonyl (C=O) groups excluding carboxylic acids is 1. The summed E-state index contributed by atoms with van der Waals surface area (Å²) in [6.07, 6.45) is 3.62. The molecular formula is C37H37F2N5O3S. The molecule has 5 aromatic rings. The predicted molar refractivity (Wildman–Crippen MR) is 184 cm³/mol. The molecule has 2 aliphatic rings. The third kappa shape index (κ3) is 5.69. The summed E-state index contributed by atoms with van der Waals surface area (Å²) in [6, 6.07) is 14.6. The van der Waals surface area contributed by atoms with E-state index in [2.05, 4.69) is 42.8 Å². The lowest BCUT2D eigenvalue weighted by atomic mass is 9.95. The molecule has 248 valence electrons. The van der Waals surface area contributed by atoms with E-state index in [0.29, 0.717) is 36.1 Å². The highest BCUT2D eigenvalue weighted by molar-refractivity contribution is 7.18. The Kier molecular flexibility index (Phi) is 8.84. The Morgan fingerprint density at radius 3 is 2.60 bits per heavy atom. The Labute approximate surface area is 282 Å². The molecule has 48 heavy (non-hydrogen) atoms. The average molecular weight is 670 g/mol. The summed E-state index contributed by atoms with van der Waals surface area (Å²) in [6.45, 7) is 8.00. The van der Waals surface area contributed by atoms with E-state index in [-0.39, 0.29) is 36.5 Å². The molecule has 8 nitrogen and oxygen atoms in total. The van der Waals surface area contributed by atoms with Gasteiger partial charge >= 0.3 is 0 Å². The summed E-state index contributed by atoms with van der Waals surface area (Å²) in [7, 11) is 3.70. The smallest absolute Gasteiger partial charge is 0.246 e. The number of aromatic nitrogens is 3. The summed E-state index contributed by atoms with van der Waals surface area (Å²) in [5.41, 5.74) is 5.29. The van der Waals surface area contributed by atoms with Gasteiger partial charge in [0.05, 0.1) is 36.1 Å². The molecule has 0 bridgehead atoms. The molecule has 1 saturated heterocycles. The zero-order valence-corrected chi connectivity index (χ0v) is 28.0. The maximum Gasteiger partial charge on any atom is 0.246 e. The number of hydrogen-bond donors (Lipinski definition) is 0. The van der Waals surface area contributed by atoms with Gasteiger partial charge in [-0.3, -0.25) is 14.4 Å². The van der Waals surface area contributed by atoms with E-state index < -0.39 is 11.6 Å². The quantitative estimate of drug-likeness (QED) is 0.119. The average Bonchev–Trinajstić information content (AvgIpc) is 3.85. The molecule has 0 unspecified atom stereocenters. The molecule has 2 atom stereocenters. The van der Waals surface area contributed by atoms with Gasteiger partial charge in [0.15, 0.2) is 0 Å².